The molecule has 0 bridgehead atoms. The van der Waals surface area contributed by atoms with Crippen molar-refractivity contribution in [1.29, 1.82) is 0 Å². The second kappa shape index (κ2) is 3.09. The molecule has 12 heavy (non-hydrogen) atoms. The van der Waals surface area contributed by atoms with E-state index in [9.17, 15) is 4.39 Å². The minimum absolute atomic E-state index is 0.179. The quantitative estimate of drug-likeness (QED) is 0.669. The monoisotopic (exact) mass is 308 g/mol. The molecule has 1 aromatic heterocycles. The molecule has 0 unspecified atom stereocenters. The van der Waals surface area contributed by atoms with Crippen molar-refractivity contribution < 1.29 is 4.39 Å². The molecule has 0 nitrogen and oxygen atoms in total. The molecule has 1 heterocycles. The number of rotatable bonds is 0. The smallest absolute Gasteiger partial charge is 0.133 e. The minimum atomic E-state index is -0.179. The normalized spacial score (nSPS) is 10.9. The Balaban J connectivity index is 2.98. The lowest BCUT2D eigenvalue weighted by Crippen LogP contribution is -1.75. The van der Waals surface area contributed by atoms with Crippen LogP contribution in [-0.4, -0.2) is 0 Å². The largest absolute Gasteiger partial charge is 0.206 e. The number of hydrogen-bond donors (Lipinski definition) is 0. The van der Waals surface area contributed by atoms with E-state index in [-0.39, 0.29) is 5.82 Å². The third-order valence-electron chi connectivity index (χ3n) is 1.58. The van der Waals surface area contributed by atoms with Crippen LogP contribution in [0.3, 0.4) is 0 Å². The molecule has 0 fully saturated rings. The summed E-state index contributed by atoms with van der Waals surface area (Å²) in [6.45, 7) is 0. The molecule has 0 aliphatic rings. The Bertz CT molecular complexity index is 436. The first-order chi connectivity index (χ1) is 5.70. The van der Waals surface area contributed by atoms with Gasteiger partial charge in [0.1, 0.15) is 5.82 Å². The first kappa shape index (κ1) is 8.66. The van der Waals surface area contributed by atoms with Crippen LogP contribution in [0, 0.1) is 5.82 Å². The van der Waals surface area contributed by atoms with Gasteiger partial charge in [0.25, 0.3) is 0 Å². The first-order valence-corrected chi connectivity index (χ1v) is 5.67. The van der Waals surface area contributed by atoms with Gasteiger partial charge in [0, 0.05) is 19.7 Å². The summed E-state index contributed by atoms with van der Waals surface area (Å²) < 4.78 is 15.9. The van der Waals surface area contributed by atoms with Gasteiger partial charge in [0.2, 0.25) is 0 Å². The first-order valence-electron chi connectivity index (χ1n) is 3.21. The zero-order valence-corrected chi connectivity index (χ0v) is 9.76. The van der Waals surface area contributed by atoms with E-state index in [0.717, 1.165) is 13.6 Å². The Morgan fingerprint density at radius 1 is 1.17 bits per heavy atom. The van der Waals surface area contributed by atoms with Crippen LogP contribution in [0.1, 0.15) is 0 Å². The fourth-order valence-corrected chi connectivity index (χ4v) is 3.30. The fourth-order valence-electron chi connectivity index (χ4n) is 1.04. The Labute approximate surface area is 89.7 Å². The summed E-state index contributed by atoms with van der Waals surface area (Å²) in [5.41, 5.74) is 0. The number of thiophene rings is 1. The molecule has 2 aromatic rings. The average molecular weight is 310 g/mol. The summed E-state index contributed by atoms with van der Waals surface area (Å²) in [6, 6.07) is 3.19. The van der Waals surface area contributed by atoms with Gasteiger partial charge in [-0.25, -0.2) is 4.39 Å². The minimum Gasteiger partial charge on any atom is -0.206 e. The van der Waals surface area contributed by atoms with Crippen LogP contribution in [0.25, 0.3) is 10.1 Å². The van der Waals surface area contributed by atoms with Gasteiger partial charge < -0.3 is 0 Å². The van der Waals surface area contributed by atoms with Crippen LogP contribution in [0.15, 0.2) is 26.5 Å². The third kappa shape index (κ3) is 1.22. The van der Waals surface area contributed by atoms with Gasteiger partial charge in [-0.3, -0.25) is 0 Å². The predicted octanol–water partition coefficient (Wildman–Crippen LogP) is 4.57. The molecule has 0 radical (unpaired) electrons. The second-order valence-electron chi connectivity index (χ2n) is 2.32. The summed E-state index contributed by atoms with van der Waals surface area (Å²) in [6.07, 6.45) is 0. The lowest BCUT2D eigenvalue weighted by atomic mass is 10.2. The maximum Gasteiger partial charge on any atom is 0.133 e. The molecule has 0 amide bonds. The Morgan fingerprint density at radius 2 is 1.92 bits per heavy atom. The third-order valence-corrected chi connectivity index (χ3v) is 4.44. The SMILES string of the molecule is Fc1ccc(Br)c2scc(Br)c12. The van der Waals surface area contributed by atoms with E-state index in [4.69, 9.17) is 0 Å². The zero-order valence-electron chi connectivity index (χ0n) is 5.77. The van der Waals surface area contributed by atoms with Crippen molar-refractivity contribution >= 4 is 53.3 Å². The summed E-state index contributed by atoms with van der Waals surface area (Å²) in [5.74, 6) is -0.179. The van der Waals surface area contributed by atoms with E-state index >= 15 is 0 Å². The highest BCUT2D eigenvalue weighted by molar-refractivity contribution is 9.11. The zero-order chi connectivity index (χ0) is 8.72. The van der Waals surface area contributed by atoms with Crippen molar-refractivity contribution in [3.8, 4) is 0 Å². The van der Waals surface area contributed by atoms with Crippen LogP contribution in [0.2, 0.25) is 0 Å². The van der Waals surface area contributed by atoms with Gasteiger partial charge in [-0.1, -0.05) is 0 Å². The second-order valence-corrected chi connectivity index (χ2v) is 4.91. The summed E-state index contributed by atoms with van der Waals surface area (Å²) >= 11 is 8.19. The standard InChI is InChI=1S/C8H3Br2FS/c9-4-1-2-6(11)7-5(10)3-12-8(4)7/h1-3H. The Kier molecular flexibility index (Phi) is 2.23. The maximum atomic E-state index is 13.2. The van der Waals surface area contributed by atoms with Gasteiger partial charge in [-0.15, -0.1) is 11.3 Å². The highest BCUT2D eigenvalue weighted by atomic mass is 79.9. The van der Waals surface area contributed by atoms with Gasteiger partial charge >= 0.3 is 0 Å². The summed E-state index contributed by atoms with van der Waals surface area (Å²) in [5, 5.41) is 2.55. The van der Waals surface area contributed by atoms with E-state index in [0.29, 0.717) is 5.39 Å². The van der Waals surface area contributed by atoms with Crippen molar-refractivity contribution in [2.24, 2.45) is 0 Å². The molecule has 0 spiro atoms. The van der Waals surface area contributed by atoms with E-state index in [1.165, 1.54) is 17.4 Å². The summed E-state index contributed by atoms with van der Waals surface area (Å²) in [4.78, 5) is 0. The van der Waals surface area contributed by atoms with Crippen molar-refractivity contribution in [3.63, 3.8) is 0 Å². The molecule has 4 heteroatoms. The van der Waals surface area contributed by atoms with Gasteiger partial charge in [-0.2, -0.15) is 0 Å². The fraction of sp³-hybridized carbons (Fsp3) is 0. The van der Waals surface area contributed by atoms with Crippen molar-refractivity contribution in [2.75, 3.05) is 0 Å². The molecule has 0 N–H and O–H groups in total. The number of benzene rings is 1. The average Bonchev–Trinajstić information content (AvgIpc) is 2.42. The number of hydrogen-bond acceptors (Lipinski definition) is 1. The molecule has 1 aromatic carbocycles. The van der Waals surface area contributed by atoms with E-state index < -0.39 is 0 Å². The molecule has 0 saturated heterocycles. The van der Waals surface area contributed by atoms with Crippen molar-refractivity contribution in [2.45, 2.75) is 0 Å². The maximum absolute atomic E-state index is 13.2. The van der Waals surface area contributed by atoms with Crippen LogP contribution >= 0.6 is 43.2 Å². The molecular weight excluding hydrogens is 307 g/mol. The highest BCUT2D eigenvalue weighted by Gasteiger charge is 2.09. The van der Waals surface area contributed by atoms with Crippen LogP contribution in [0.4, 0.5) is 4.39 Å². The molecule has 2 rings (SSSR count). The van der Waals surface area contributed by atoms with Gasteiger partial charge in [0.15, 0.2) is 0 Å². The number of halogens is 3. The van der Waals surface area contributed by atoms with E-state index in [2.05, 4.69) is 31.9 Å². The van der Waals surface area contributed by atoms with Gasteiger partial charge in [-0.05, 0) is 44.0 Å². The van der Waals surface area contributed by atoms with Crippen LogP contribution in [0.5, 0.6) is 0 Å². The van der Waals surface area contributed by atoms with E-state index in [1.807, 2.05) is 5.38 Å². The molecule has 0 saturated carbocycles. The summed E-state index contributed by atoms with van der Waals surface area (Å²) in [7, 11) is 0. The van der Waals surface area contributed by atoms with Crippen molar-refractivity contribution in [1.82, 2.24) is 0 Å². The molecule has 0 atom stereocenters. The molecular formula is C8H3Br2FS. The lowest BCUT2D eigenvalue weighted by Gasteiger charge is -1.95. The Morgan fingerprint density at radius 3 is 2.58 bits per heavy atom. The van der Waals surface area contributed by atoms with Gasteiger partial charge in [0.05, 0.1) is 4.70 Å². The molecule has 62 valence electrons. The molecule has 0 aliphatic heterocycles. The number of fused-ring (bicyclic) bond motifs is 1. The van der Waals surface area contributed by atoms with Crippen LogP contribution < -0.4 is 0 Å². The predicted molar refractivity (Wildman–Crippen MR) is 57.2 cm³/mol. The van der Waals surface area contributed by atoms with Crippen molar-refractivity contribution in [3.05, 3.63) is 32.3 Å². The Hall–Kier alpha value is 0.0700. The lowest BCUT2D eigenvalue weighted by molar-refractivity contribution is 0.639. The topological polar surface area (TPSA) is 0 Å². The highest BCUT2D eigenvalue weighted by Crippen LogP contribution is 2.36. The van der Waals surface area contributed by atoms with Crippen LogP contribution in [-0.2, 0) is 0 Å². The van der Waals surface area contributed by atoms with E-state index in [1.54, 1.807) is 6.07 Å². The molecule has 0 aliphatic carbocycles.